The molecule has 1 atom stereocenters. The number of benzene rings is 1. The van der Waals surface area contributed by atoms with Crippen LogP contribution in [0.15, 0.2) is 46.5 Å². The van der Waals surface area contributed by atoms with E-state index < -0.39 is 0 Å². The molecule has 0 N–H and O–H groups in total. The molecule has 0 amide bonds. The molecular weight excluding hydrogens is 338 g/mol. The third kappa shape index (κ3) is 3.08. The summed E-state index contributed by atoms with van der Waals surface area (Å²) in [6, 6.07) is 6.91. The zero-order valence-corrected chi connectivity index (χ0v) is 15.2. The zero-order chi connectivity index (χ0) is 18.1. The smallest absolute Gasteiger partial charge is 0.335 e. The Morgan fingerprint density at radius 3 is 2.84 bits per heavy atom. The number of aryl methyl sites for hydroxylation is 1. The minimum absolute atomic E-state index is 0.209. The molecule has 2 aromatic heterocycles. The lowest BCUT2D eigenvalue weighted by Crippen LogP contribution is -2.38. The van der Waals surface area contributed by atoms with Crippen molar-refractivity contribution in [2.75, 3.05) is 6.61 Å². The van der Waals surface area contributed by atoms with Gasteiger partial charge in [0.25, 0.3) is 5.56 Å². The molecule has 0 aliphatic carbocycles. The number of hydrogen-bond acceptors (Lipinski definition) is 5. The Morgan fingerprint density at radius 2 is 2.12 bits per heavy atom. The van der Waals surface area contributed by atoms with Gasteiger partial charge in [-0.1, -0.05) is 6.08 Å². The Kier molecular flexibility index (Phi) is 4.69. The first-order chi connectivity index (χ1) is 11.9. The summed E-state index contributed by atoms with van der Waals surface area (Å²) in [5, 5.41) is 0.883. The van der Waals surface area contributed by atoms with E-state index in [0.29, 0.717) is 18.0 Å². The van der Waals surface area contributed by atoms with Gasteiger partial charge in [0, 0.05) is 24.2 Å². The lowest BCUT2D eigenvalue weighted by atomic mass is 10.1. The lowest BCUT2D eigenvalue weighted by Gasteiger charge is -2.11. The summed E-state index contributed by atoms with van der Waals surface area (Å²) in [6.45, 7) is 7.73. The second kappa shape index (κ2) is 6.78. The fraction of sp³-hybridized carbons (Fsp3) is 0.278. The number of aromatic nitrogens is 3. The minimum Gasteiger partial charge on any atom is -0.368 e. The van der Waals surface area contributed by atoms with Crippen molar-refractivity contribution >= 4 is 21.6 Å². The summed E-state index contributed by atoms with van der Waals surface area (Å²) in [4.78, 5) is 24.9. The Hall–Kier alpha value is -2.51. The second-order valence-corrected chi connectivity index (χ2v) is 6.62. The van der Waals surface area contributed by atoms with Crippen LogP contribution in [0, 0.1) is 6.92 Å². The summed E-state index contributed by atoms with van der Waals surface area (Å²) in [5.74, 6) is 0. The lowest BCUT2D eigenvalue weighted by molar-refractivity contribution is 0.0874. The van der Waals surface area contributed by atoms with Gasteiger partial charge in [-0.3, -0.25) is 4.79 Å². The highest BCUT2D eigenvalue weighted by atomic mass is 32.1. The summed E-state index contributed by atoms with van der Waals surface area (Å²) in [6.07, 6.45) is 1.48. The first-order valence-corrected chi connectivity index (χ1v) is 8.63. The highest BCUT2D eigenvalue weighted by Gasteiger charge is 2.16. The Balaban J connectivity index is 2.17. The average Bonchev–Trinajstić information content (AvgIpc) is 3.01. The molecule has 1 aromatic carbocycles. The fourth-order valence-electron chi connectivity index (χ4n) is 2.64. The summed E-state index contributed by atoms with van der Waals surface area (Å²) >= 11 is 1.37. The van der Waals surface area contributed by atoms with Crippen LogP contribution < -0.4 is 11.2 Å². The molecule has 0 saturated heterocycles. The standard InChI is InChI=1S/C18H19N3O3S/c1-5-8-24-12(3)17-14-10-13(6-7-15(14)25-19-17)21-16(22)9-11(2)20(4)18(21)23/h5-7,9-10,12H,1,8H2,2-4H3. The van der Waals surface area contributed by atoms with Crippen molar-refractivity contribution in [2.45, 2.75) is 20.0 Å². The Labute approximate surface area is 148 Å². The Morgan fingerprint density at radius 1 is 1.36 bits per heavy atom. The van der Waals surface area contributed by atoms with Crippen LogP contribution in [0.4, 0.5) is 0 Å². The maximum Gasteiger partial charge on any atom is 0.335 e. The predicted molar refractivity (Wildman–Crippen MR) is 99.8 cm³/mol. The van der Waals surface area contributed by atoms with Gasteiger partial charge in [0.05, 0.1) is 28.8 Å². The number of hydrogen-bond donors (Lipinski definition) is 0. The van der Waals surface area contributed by atoms with E-state index in [2.05, 4.69) is 11.0 Å². The Bertz CT molecular complexity index is 1060. The molecule has 0 radical (unpaired) electrons. The molecule has 1 unspecified atom stereocenters. The van der Waals surface area contributed by atoms with Crippen LogP contribution in [0.2, 0.25) is 0 Å². The number of fused-ring (bicyclic) bond motifs is 1. The van der Waals surface area contributed by atoms with Crippen molar-refractivity contribution in [1.29, 1.82) is 0 Å². The molecule has 6 nitrogen and oxygen atoms in total. The highest BCUT2D eigenvalue weighted by molar-refractivity contribution is 7.13. The highest BCUT2D eigenvalue weighted by Crippen LogP contribution is 2.30. The summed E-state index contributed by atoms with van der Waals surface area (Å²) < 4.78 is 13.7. The topological polar surface area (TPSA) is 66.1 Å². The van der Waals surface area contributed by atoms with Crippen molar-refractivity contribution in [3.8, 4) is 5.69 Å². The molecule has 0 spiro atoms. The van der Waals surface area contributed by atoms with Crippen LogP contribution in [-0.4, -0.2) is 20.1 Å². The molecule has 0 aliphatic rings. The van der Waals surface area contributed by atoms with Crippen molar-refractivity contribution in [3.05, 3.63) is 69.1 Å². The van der Waals surface area contributed by atoms with Crippen LogP contribution >= 0.6 is 11.5 Å². The van der Waals surface area contributed by atoms with Crippen LogP contribution in [0.5, 0.6) is 0 Å². The van der Waals surface area contributed by atoms with Gasteiger partial charge < -0.3 is 9.30 Å². The number of rotatable bonds is 5. The molecular formula is C18H19N3O3S. The van der Waals surface area contributed by atoms with Crippen LogP contribution in [0.3, 0.4) is 0 Å². The van der Waals surface area contributed by atoms with Crippen LogP contribution in [-0.2, 0) is 11.8 Å². The van der Waals surface area contributed by atoms with E-state index in [9.17, 15) is 9.59 Å². The molecule has 2 heterocycles. The largest absolute Gasteiger partial charge is 0.368 e. The van der Waals surface area contributed by atoms with Gasteiger partial charge in [0.2, 0.25) is 0 Å². The number of nitrogens with zero attached hydrogens (tertiary/aromatic N) is 3. The van der Waals surface area contributed by atoms with Gasteiger partial charge in [0.15, 0.2) is 0 Å². The van der Waals surface area contributed by atoms with Gasteiger partial charge in [-0.2, -0.15) is 4.37 Å². The van der Waals surface area contributed by atoms with Crippen molar-refractivity contribution < 1.29 is 4.74 Å². The van der Waals surface area contributed by atoms with Gasteiger partial charge in [-0.25, -0.2) is 9.36 Å². The van der Waals surface area contributed by atoms with Gasteiger partial charge in [-0.05, 0) is 43.6 Å². The first-order valence-electron chi connectivity index (χ1n) is 7.86. The third-order valence-electron chi connectivity index (χ3n) is 4.15. The van der Waals surface area contributed by atoms with Crippen LogP contribution in [0.1, 0.15) is 24.4 Å². The minimum atomic E-state index is -0.370. The fourth-order valence-corrected chi connectivity index (χ4v) is 3.48. The maximum atomic E-state index is 12.5. The van der Waals surface area contributed by atoms with Gasteiger partial charge >= 0.3 is 5.69 Å². The van der Waals surface area contributed by atoms with E-state index in [1.54, 1.807) is 26.1 Å². The van der Waals surface area contributed by atoms with E-state index in [-0.39, 0.29) is 17.4 Å². The maximum absolute atomic E-state index is 12.5. The normalized spacial score (nSPS) is 12.4. The van der Waals surface area contributed by atoms with Crippen molar-refractivity contribution in [2.24, 2.45) is 7.05 Å². The molecule has 0 saturated carbocycles. The van der Waals surface area contributed by atoms with Crippen molar-refractivity contribution in [1.82, 2.24) is 13.5 Å². The van der Waals surface area contributed by atoms with Gasteiger partial charge in [-0.15, -0.1) is 6.58 Å². The number of ether oxygens (including phenoxy) is 1. The van der Waals surface area contributed by atoms with E-state index >= 15 is 0 Å². The molecule has 0 bridgehead atoms. The van der Waals surface area contributed by atoms with E-state index in [1.807, 2.05) is 19.1 Å². The van der Waals surface area contributed by atoms with Crippen molar-refractivity contribution in [3.63, 3.8) is 0 Å². The van der Waals surface area contributed by atoms with E-state index in [1.165, 1.54) is 26.7 Å². The second-order valence-electron chi connectivity index (χ2n) is 5.81. The molecule has 0 fully saturated rings. The van der Waals surface area contributed by atoms with E-state index in [4.69, 9.17) is 4.74 Å². The third-order valence-corrected chi connectivity index (χ3v) is 4.99. The predicted octanol–water partition coefficient (Wildman–Crippen LogP) is 2.72. The SMILES string of the molecule is C=CCOC(C)c1nsc2ccc(-n3c(=O)cc(C)n(C)c3=O)cc12. The summed E-state index contributed by atoms with van der Waals surface area (Å²) in [5.41, 5.74) is 1.22. The average molecular weight is 357 g/mol. The van der Waals surface area contributed by atoms with E-state index in [0.717, 1.165) is 15.8 Å². The van der Waals surface area contributed by atoms with Crippen LogP contribution in [0.25, 0.3) is 15.8 Å². The summed E-state index contributed by atoms with van der Waals surface area (Å²) in [7, 11) is 1.65. The van der Waals surface area contributed by atoms with Gasteiger partial charge in [0.1, 0.15) is 0 Å². The molecule has 0 aliphatic heterocycles. The molecule has 3 rings (SSSR count). The zero-order valence-electron chi connectivity index (χ0n) is 14.4. The molecule has 7 heteroatoms. The molecule has 3 aromatic rings. The molecule has 130 valence electrons. The molecule has 25 heavy (non-hydrogen) atoms. The quantitative estimate of drug-likeness (QED) is 0.659. The monoisotopic (exact) mass is 357 g/mol. The first kappa shape index (κ1) is 17.3.